The molecule has 0 aromatic carbocycles. The van der Waals surface area contributed by atoms with Crippen LogP contribution in [0.5, 0.6) is 0 Å². The molecule has 2 rings (SSSR count). The van der Waals surface area contributed by atoms with Crippen LogP contribution < -0.4 is 4.72 Å². The fraction of sp³-hybridized carbons (Fsp3) is 0.667. The lowest BCUT2D eigenvalue weighted by Crippen LogP contribution is -2.32. The lowest BCUT2D eigenvalue weighted by molar-refractivity contribution is 0.0884. The molecule has 1 aliphatic heterocycles. The number of aliphatic hydroxyl groups is 1. The Labute approximate surface area is 112 Å². The van der Waals surface area contributed by atoms with E-state index in [0.717, 1.165) is 12.8 Å². The molecule has 1 aromatic rings. The minimum atomic E-state index is -3.65. The molecular formula is C12H19NO5S. The largest absolute Gasteiger partial charge is 0.446 e. The van der Waals surface area contributed by atoms with E-state index in [1.807, 2.05) is 6.92 Å². The van der Waals surface area contributed by atoms with Crippen LogP contribution in [0.15, 0.2) is 21.6 Å². The summed E-state index contributed by atoms with van der Waals surface area (Å²) in [4.78, 5) is 0. The standard InChI is InChI=1S/C12H19NO5S/c1-2-11-9(5-6-17-11)7-13-19(15,16)12-4-3-10(8-14)18-12/h3-4,9,11,13-14H,2,5-8H2,1H3. The van der Waals surface area contributed by atoms with Gasteiger partial charge in [-0.1, -0.05) is 6.92 Å². The van der Waals surface area contributed by atoms with E-state index >= 15 is 0 Å². The van der Waals surface area contributed by atoms with Gasteiger partial charge < -0.3 is 14.3 Å². The van der Waals surface area contributed by atoms with Crippen LogP contribution >= 0.6 is 0 Å². The van der Waals surface area contributed by atoms with Gasteiger partial charge in [0.15, 0.2) is 0 Å². The summed E-state index contributed by atoms with van der Waals surface area (Å²) in [7, 11) is -3.65. The number of rotatable bonds is 6. The summed E-state index contributed by atoms with van der Waals surface area (Å²) in [5.74, 6) is 0.433. The smallest absolute Gasteiger partial charge is 0.273 e. The second kappa shape index (κ2) is 6.04. The lowest BCUT2D eigenvalue weighted by atomic mass is 10.0. The molecule has 2 unspecified atom stereocenters. The van der Waals surface area contributed by atoms with E-state index in [4.69, 9.17) is 14.3 Å². The monoisotopic (exact) mass is 289 g/mol. The topological polar surface area (TPSA) is 88.8 Å². The third-order valence-corrected chi connectivity index (χ3v) is 4.64. The predicted molar refractivity (Wildman–Crippen MR) is 68.0 cm³/mol. The van der Waals surface area contributed by atoms with Crippen molar-refractivity contribution in [3.8, 4) is 0 Å². The molecule has 7 heteroatoms. The highest BCUT2D eigenvalue weighted by Gasteiger charge is 2.29. The molecule has 1 aromatic heterocycles. The predicted octanol–water partition coefficient (Wildman–Crippen LogP) is 0.865. The molecule has 2 atom stereocenters. The average molecular weight is 289 g/mol. The van der Waals surface area contributed by atoms with Gasteiger partial charge in [-0.15, -0.1) is 0 Å². The maximum Gasteiger partial charge on any atom is 0.273 e. The van der Waals surface area contributed by atoms with Gasteiger partial charge >= 0.3 is 0 Å². The summed E-state index contributed by atoms with van der Waals surface area (Å²) in [5.41, 5.74) is 0. The van der Waals surface area contributed by atoms with Crippen molar-refractivity contribution >= 4 is 10.0 Å². The highest BCUT2D eigenvalue weighted by molar-refractivity contribution is 7.89. The average Bonchev–Trinajstić information content (AvgIpc) is 3.05. The molecule has 1 fully saturated rings. The number of sulfonamides is 1. The van der Waals surface area contributed by atoms with Gasteiger partial charge in [0.05, 0.1) is 6.10 Å². The number of hydrogen-bond donors (Lipinski definition) is 2. The Bertz CT molecular complexity index is 510. The first kappa shape index (κ1) is 14.5. The summed E-state index contributed by atoms with van der Waals surface area (Å²) < 4.78 is 37.1. The normalized spacial score (nSPS) is 23.9. The van der Waals surface area contributed by atoms with Gasteiger partial charge in [-0.2, -0.15) is 0 Å². The third kappa shape index (κ3) is 3.36. The highest BCUT2D eigenvalue weighted by Crippen LogP contribution is 2.23. The fourth-order valence-electron chi connectivity index (χ4n) is 2.25. The van der Waals surface area contributed by atoms with Crippen molar-refractivity contribution in [3.05, 3.63) is 17.9 Å². The van der Waals surface area contributed by atoms with Crippen LogP contribution in [-0.2, 0) is 21.4 Å². The minimum Gasteiger partial charge on any atom is -0.446 e. The molecule has 0 aliphatic carbocycles. The first-order valence-electron chi connectivity index (χ1n) is 6.37. The second-order valence-electron chi connectivity index (χ2n) is 4.60. The van der Waals surface area contributed by atoms with E-state index < -0.39 is 10.0 Å². The number of ether oxygens (including phenoxy) is 1. The van der Waals surface area contributed by atoms with Crippen LogP contribution in [0.3, 0.4) is 0 Å². The van der Waals surface area contributed by atoms with Crippen LogP contribution in [-0.4, -0.2) is 32.8 Å². The van der Waals surface area contributed by atoms with Crippen molar-refractivity contribution in [1.82, 2.24) is 4.72 Å². The van der Waals surface area contributed by atoms with E-state index in [1.54, 1.807) is 0 Å². The van der Waals surface area contributed by atoms with E-state index in [2.05, 4.69) is 4.72 Å². The van der Waals surface area contributed by atoms with Gasteiger partial charge in [-0.05, 0) is 25.0 Å². The first-order valence-corrected chi connectivity index (χ1v) is 7.86. The second-order valence-corrected chi connectivity index (χ2v) is 6.29. The molecule has 108 valence electrons. The van der Waals surface area contributed by atoms with Crippen molar-refractivity contribution in [2.75, 3.05) is 13.2 Å². The molecule has 2 N–H and O–H groups in total. The van der Waals surface area contributed by atoms with E-state index in [9.17, 15) is 8.42 Å². The van der Waals surface area contributed by atoms with Gasteiger partial charge in [0.1, 0.15) is 12.4 Å². The Hall–Kier alpha value is -0.890. The molecule has 2 heterocycles. The van der Waals surface area contributed by atoms with Crippen LogP contribution in [0.1, 0.15) is 25.5 Å². The highest BCUT2D eigenvalue weighted by atomic mass is 32.2. The SMILES string of the molecule is CCC1OCCC1CNS(=O)(=O)c1ccc(CO)o1. The first-order chi connectivity index (χ1) is 9.06. The van der Waals surface area contributed by atoms with Crippen molar-refractivity contribution < 1.29 is 22.7 Å². The molecule has 19 heavy (non-hydrogen) atoms. The molecule has 0 radical (unpaired) electrons. The molecule has 0 spiro atoms. The third-order valence-electron chi connectivity index (χ3n) is 3.34. The van der Waals surface area contributed by atoms with Crippen LogP contribution in [0.2, 0.25) is 0 Å². The number of nitrogens with one attached hydrogen (secondary N) is 1. The van der Waals surface area contributed by atoms with Crippen LogP contribution in [0.4, 0.5) is 0 Å². The zero-order valence-electron chi connectivity index (χ0n) is 10.8. The van der Waals surface area contributed by atoms with Crippen molar-refractivity contribution in [2.45, 2.75) is 37.6 Å². The van der Waals surface area contributed by atoms with Crippen molar-refractivity contribution in [3.63, 3.8) is 0 Å². The molecule has 0 saturated carbocycles. The maximum absolute atomic E-state index is 12.0. The van der Waals surface area contributed by atoms with Gasteiger partial charge in [0.25, 0.3) is 10.0 Å². The summed E-state index contributed by atoms with van der Waals surface area (Å²) >= 11 is 0. The zero-order chi connectivity index (χ0) is 13.9. The summed E-state index contributed by atoms with van der Waals surface area (Å²) in [6, 6.07) is 2.79. The van der Waals surface area contributed by atoms with Crippen molar-refractivity contribution in [2.24, 2.45) is 5.92 Å². The maximum atomic E-state index is 12.0. The van der Waals surface area contributed by atoms with Crippen molar-refractivity contribution in [1.29, 1.82) is 0 Å². The summed E-state index contributed by atoms with van der Waals surface area (Å²) in [6.07, 6.45) is 1.86. The molecule has 1 aliphatic rings. The van der Waals surface area contributed by atoms with E-state index in [0.29, 0.717) is 13.2 Å². The molecule has 0 amide bonds. The number of hydrogen-bond acceptors (Lipinski definition) is 5. The van der Waals surface area contributed by atoms with Gasteiger partial charge in [-0.25, -0.2) is 13.1 Å². The summed E-state index contributed by atoms with van der Waals surface area (Å²) in [5, 5.41) is 8.70. The van der Waals surface area contributed by atoms with Gasteiger partial charge in [-0.3, -0.25) is 0 Å². The van der Waals surface area contributed by atoms with Gasteiger partial charge in [0.2, 0.25) is 5.09 Å². The molecular weight excluding hydrogens is 270 g/mol. The Morgan fingerprint density at radius 3 is 2.89 bits per heavy atom. The Morgan fingerprint density at radius 2 is 2.26 bits per heavy atom. The Kier molecular flexibility index (Phi) is 4.62. The Balaban J connectivity index is 1.97. The lowest BCUT2D eigenvalue weighted by Gasteiger charge is -2.16. The Morgan fingerprint density at radius 1 is 1.47 bits per heavy atom. The minimum absolute atomic E-state index is 0.118. The summed E-state index contributed by atoms with van der Waals surface area (Å²) in [6.45, 7) is 2.73. The molecule has 0 bridgehead atoms. The van der Waals surface area contributed by atoms with E-state index in [1.165, 1.54) is 12.1 Å². The van der Waals surface area contributed by atoms with Gasteiger partial charge in [0, 0.05) is 19.1 Å². The quantitative estimate of drug-likeness (QED) is 0.811. The molecule has 1 saturated heterocycles. The zero-order valence-corrected chi connectivity index (χ0v) is 11.6. The number of aliphatic hydroxyl groups excluding tert-OH is 1. The fourth-order valence-corrected chi connectivity index (χ4v) is 3.29. The van der Waals surface area contributed by atoms with E-state index in [-0.39, 0.29) is 29.5 Å². The molecule has 6 nitrogen and oxygen atoms in total. The van der Waals surface area contributed by atoms with Crippen LogP contribution in [0.25, 0.3) is 0 Å². The number of furan rings is 1. The van der Waals surface area contributed by atoms with Crippen LogP contribution in [0, 0.1) is 5.92 Å².